The highest BCUT2D eigenvalue weighted by Gasteiger charge is 2.26. The van der Waals surface area contributed by atoms with Gasteiger partial charge in [0.1, 0.15) is 6.54 Å². The van der Waals surface area contributed by atoms with Crippen molar-refractivity contribution in [2.75, 3.05) is 13.1 Å². The molecule has 3 aromatic rings. The maximum Gasteiger partial charge on any atom is 0.255 e. The molecular weight excluding hydrogens is 396 g/mol. The molecule has 0 atom stereocenters. The summed E-state index contributed by atoms with van der Waals surface area (Å²) < 4.78 is 1.85. The van der Waals surface area contributed by atoms with Gasteiger partial charge in [0.15, 0.2) is 0 Å². The predicted octanol–water partition coefficient (Wildman–Crippen LogP) is 3.12. The number of carbonyl (C=O) groups excluding carboxylic acids is 1. The number of rotatable bonds is 5. The Kier molecular flexibility index (Phi) is 6.21. The van der Waals surface area contributed by atoms with E-state index in [0.29, 0.717) is 5.56 Å². The molecule has 2 N–H and O–H groups in total. The fourth-order valence-corrected chi connectivity index (χ4v) is 4.41. The van der Waals surface area contributed by atoms with E-state index in [-0.39, 0.29) is 11.9 Å². The lowest BCUT2D eigenvalue weighted by atomic mass is 10.0. The predicted molar refractivity (Wildman–Crippen MR) is 119 cm³/mol. The highest BCUT2D eigenvalue weighted by atomic mass is 35.5. The number of piperidine rings is 1. The first-order chi connectivity index (χ1) is 14.5. The van der Waals surface area contributed by atoms with Gasteiger partial charge in [-0.15, -0.1) is 0 Å². The normalized spacial score (nSPS) is 18.9. The molecule has 0 spiro atoms. The van der Waals surface area contributed by atoms with E-state index in [0.717, 1.165) is 54.6 Å². The average molecular weight is 424 g/mol. The number of benzene rings is 2. The van der Waals surface area contributed by atoms with Crippen molar-refractivity contribution in [3.63, 3.8) is 0 Å². The van der Waals surface area contributed by atoms with Crippen LogP contribution in [0.25, 0.3) is 5.69 Å². The number of amides is 1. The summed E-state index contributed by atoms with van der Waals surface area (Å²) in [6.45, 7) is 6.96. The van der Waals surface area contributed by atoms with E-state index in [2.05, 4.69) is 22.5 Å². The second kappa shape index (κ2) is 9.02. The van der Waals surface area contributed by atoms with Crippen molar-refractivity contribution >= 4 is 17.5 Å². The summed E-state index contributed by atoms with van der Waals surface area (Å²) in [6.07, 6.45) is 1.97. The van der Waals surface area contributed by atoms with Gasteiger partial charge in [0.05, 0.1) is 35.7 Å². The van der Waals surface area contributed by atoms with Crippen LogP contribution in [0.4, 0.5) is 0 Å². The van der Waals surface area contributed by atoms with Crippen molar-refractivity contribution in [1.29, 1.82) is 0 Å². The molecule has 1 aliphatic rings. The van der Waals surface area contributed by atoms with Crippen LogP contribution in [0.2, 0.25) is 5.02 Å². The first kappa shape index (κ1) is 20.6. The van der Waals surface area contributed by atoms with Crippen molar-refractivity contribution in [2.45, 2.75) is 39.3 Å². The number of nitrogens with zero attached hydrogens (tertiary/aromatic N) is 2. The standard InChI is InChI=1S/C24H27ClN4O/c1-17-23(18(2)29(27-17)22-6-4-3-5-7-22)24(30)26-21-12-14-28(15-13-21)16-19-8-10-20(25)11-9-19/h3-11,21H,12-16H2,1-2H3,(H,26,30)/p+1. The number of hydrogen-bond acceptors (Lipinski definition) is 2. The molecule has 156 valence electrons. The molecule has 0 saturated carbocycles. The molecule has 4 rings (SSSR count). The second-order valence-electron chi connectivity index (χ2n) is 8.09. The zero-order valence-electron chi connectivity index (χ0n) is 17.5. The Morgan fingerprint density at radius 3 is 2.43 bits per heavy atom. The average Bonchev–Trinajstić information content (AvgIpc) is 3.06. The van der Waals surface area contributed by atoms with Gasteiger partial charge in [0.25, 0.3) is 5.91 Å². The molecule has 30 heavy (non-hydrogen) atoms. The highest BCUT2D eigenvalue weighted by molar-refractivity contribution is 6.30. The monoisotopic (exact) mass is 423 g/mol. The van der Waals surface area contributed by atoms with Crippen molar-refractivity contribution in [2.24, 2.45) is 0 Å². The number of quaternary nitrogens is 1. The number of likely N-dealkylation sites (tertiary alicyclic amines) is 1. The van der Waals surface area contributed by atoms with Crippen LogP contribution in [0.3, 0.4) is 0 Å². The number of halogens is 1. The lowest BCUT2D eigenvalue weighted by molar-refractivity contribution is -0.918. The van der Waals surface area contributed by atoms with E-state index in [1.54, 1.807) is 4.90 Å². The molecule has 2 heterocycles. The van der Waals surface area contributed by atoms with Gasteiger partial charge >= 0.3 is 0 Å². The van der Waals surface area contributed by atoms with E-state index in [1.165, 1.54) is 5.56 Å². The molecule has 1 fully saturated rings. The minimum absolute atomic E-state index is 0.0154. The molecular formula is C24H28ClN4O+. The van der Waals surface area contributed by atoms with Crippen LogP contribution in [0.1, 0.15) is 40.2 Å². The van der Waals surface area contributed by atoms with Crippen LogP contribution < -0.4 is 10.2 Å². The molecule has 0 bridgehead atoms. The third kappa shape index (κ3) is 4.58. The van der Waals surface area contributed by atoms with Crippen LogP contribution in [-0.4, -0.2) is 34.8 Å². The van der Waals surface area contributed by atoms with Crippen molar-refractivity contribution in [1.82, 2.24) is 15.1 Å². The third-order valence-corrected chi connectivity index (χ3v) is 6.17. The highest BCUT2D eigenvalue weighted by Crippen LogP contribution is 2.18. The summed E-state index contributed by atoms with van der Waals surface area (Å²) in [4.78, 5) is 14.6. The van der Waals surface area contributed by atoms with Gasteiger partial charge in [-0.05, 0) is 38.1 Å². The molecule has 6 heteroatoms. The maximum atomic E-state index is 13.0. The Labute approximate surface area is 182 Å². The van der Waals surface area contributed by atoms with Gasteiger partial charge in [-0.2, -0.15) is 5.10 Å². The molecule has 1 saturated heterocycles. The summed E-state index contributed by atoms with van der Waals surface area (Å²) in [5.41, 5.74) is 4.60. The molecule has 0 radical (unpaired) electrons. The van der Waals surface area contributed by atoms with E-state index in [9.17, 15) is 4.79 Å². The smallest absolute Gasteiger partial charge is 0.255 e. The van der Waals surface area contributed by atoms with Crippen LogP contribution in [0.15, 0.2) is 54.6 Å². The number of carbonyl (C=O) groups is 1. The van der Waals surface area contributed by atoms with Gasteiger partial charge in [0, 0.05) is 29.5 Å². The number of aromatic nitrogens is 2. The number of hydrogen-bond donors (Lipinski definition) is 2. The lowest BCUT2D eigenvalue weighted by Gasteiger charge is -2.30. The van der Waals surface area contributed by atoms with Crippen molar-refractivity contribution in [3.8, 4) is 5.69 Å². The second-order valence-corrected chi connectivity index (χ2v) is 8.53. The van der Waals surface area contributed by atoms with Crippen molar-refractivity contribution in [3.05, 3.63) is 82.1 Å². The first-order valence-electron chi connectivity index (χ1n) is 10.5. The minimum atomic E-state index is -0.0154. The van der Waals surface area contributed by atoms with E-state index >= 15 is 0 Å². The molecule has 1 amide bonds. The molecule has 2 aromatic carbocycles. The first-order valence-corrected chi connectivity index (χ1v) is 10.9. The Morgan fingerprint density at radius 1 is 1.10 bits per heavy atom. The zero-order valence-corrected chi connectivity index (χ0v) is 18.2. The lowest BCUT2D eigenvalue weighted by Crippen LogP contribution is -3.12. The van der Waals surface area contributed by atoms with E-state index < -0.39 is 0 Å². The number of nitrogens with one attached hydrogen (secondary N) is 2. The van der Waals surface area contributed by atoms with Gasteiger partial charge in [-0.25, -0.2) is 4.68 Å². The molecule has 0 aliphatic carbocycles. The maximum absolute atomic E-state index is 13.0. The fraction of sp³-hybridized carbons (Fsp3) is 0.333. The van der Waals surface area contributed by atoms with E-state index in [1.807, 2.05) is 61.0 Å². The van der Waals surface area contributed by atoms with Crippen molar-refractivity contribution < 1.29 is 9.69 Å². The summed E-state index contributed by atoms with van der Waals surface area (Å²) in [6, 6.07) is 18.2. The van der Waals surface area contributed by atoms with Crippen LogP contribution in [-0.2, 0) is 6.54 Å². The molecule has 5 nitrogen and oxygen atoms in total. The van der Waals surface area contributed by atoms with Gasteiger partial charge in [-0.3, -0.25) is 4.79 Å². The Bertz CT molecular complexity index is 1010. The number of para-hydroxylation sites is 1. The fourth-order valence-electron chi connectivity index (χ4n) is 4.29. The molecule has 0 unspecified atom stereocenters. The van der Waals surface area contributed by atoms with Gasteiger partial charge < -0.3 is 10.2 Å². The topological polar surface area (TPSA) is 51.4 Å². The minimum Gasteiger partial charge on any atom is -0.349 e. The summed E-state index contributed by atoms with van der Waals surface area (Å²) >= 11 is 5.98. The summed E-state index contributed by atoms with van der Waals surface area (Å²) in [7, 11) is 0. The molecule has 1 aromatic heterocycles. The number of aryl methyl sites for hydroxylation is 1. The Balaban J connectivity index is 1.36. The van der Waals surface area contributed by atoms with Crippen LogP contribution in [0.5, 0.6) is 0 Å². The van der Waals surface area contributed by atoms with Crippen LogP contribution >= 0.6 is 11.6 Å². The van der Waals surface area contributed by atoms with E-state index in [4.69, 9.17) is 11.6 Å². The molecule has 1 aliphatic heterocycles. The zero-order chi connectivity index (χ0) is 21.1. The Morgan fingerprint density at radius 2 is 1.77 bits per heavy atom. The summed E-state index contributed by atoms with van der Waals surface area (Å²) in [5, 5.41) is 8.63. The largest absolute Gasteiger partial charge is 0.349 e. The van der Waals surface area contributed by atoms with Gasteiger partial charge in [-0.1, -0.05) is 41.9 Å². The van der Waals surface area contributed by atoms with Crippen LogP contribution in [0, 0.1) is 13.8 Å². The SMILES string of the molecule is Cc1nn(-c2ccccc2)c(C)c1C(=O)NC1CC[NH+](Cc2ccc(Cl)cc2)CC1. The Hall–Kier alpha value is -2.63. The van der Waals surface area contributed by atoms with Gasteiger partial charge in [0.2, 0.25) is 0 Å². The quantitative estimate of drug-likeness (QED) is 0.662. The third-order valence-electron chi connectivity index (χ3n) is 5.91. The summed E-state index contributed by atoms with van der Waals surface area (Å²) in [5.74, 6) is -0.0154.